The molecule has 2 fully saturated rings. The lowest BCUT2D eigenvalue weighted by Crippen LogP contribution is -2.47. The van der Waals surface area contributed by atoms with E-state index in [0.29, 0.717) is 26.1 Å². The first-order valence-corrected chi connectivity index (χ1v) is 7.54. The van der Waals surface area contributed by atoms with Crippen LogP contribution >= 0.6 is 0 Å². The average molecular weight is 284 g/mol. The zero-order chi connectivity index (χ0) is 14.4. The molecule has 20 heavy (non-hydrogen) atoms. The van der Waals surface area contributed by atoms with Gasteiger partial charge < -0.3 is 20.1 Å². The molecule has 1 unspecified atom stereocenters. The van der Waals surface area contributed by atoms with Crippen LogP contribution < -0.4 is 5.32 Å². The molecule has 0 aromatic carbocycles. The lowest BCUT2D eigenvalue weighted by molar-refractivity contribution is -0.143. The first-order chi connectivity index (χ1) is 9.66. The topological polar surface area (TPSA) is 78.9 Å². The van der Waals surface area contributed by atoms with Crippen molar-refractivity contribution in [2.24, 2.45) is 5.92 Å². The highest BCUT2D eigenvalue weighted by Crippen LogP contribution is 2.17. The molecule has 2 saturated heterocycles. The number of likely N-dealkylation sites (tertiary alicyclic amines) is 1. The van der Waals surface area contributed by atoms with Gasteiger partial charge in [-0.05, 0) is 38.5 Å². The third-order valence-corrected chi connectivity index (χ3v) is 4.07. The molecule has 2 aliphatic heterocycles. The number of hydrogen-bond donors (Lipinski definition) is 2. The molecule has 6 nitrogen and oxygen atoms in total. The Labute approximate surface area is 119 Å². The fraction of sp³-hybridized carbons (Fsp3) is 0.857. The number of carboxylic acid groups (broad SMARTS) is 1. The van der Waals surface area contributed by atoms with E-state index in [1.165, 1.54) is 6.42 Å². The van der Waals surface area contributed by atoms with Crippen LogP contribution in [0.15, 0.2) is 0 Å². The molecule has 6 heteroatoms. The monoisotopic (exact) mass is 284 g/mol. The highest BCUT2D eigenvalue weighted by atomic mass is 16.5. The van der Waals surface area contributed by atoms with E-state index in [-0.39, 0.29) is 12.1 Å². The van der Waals surface area contributed by atoms with Gasteiger partial charge in [0, 0.05) is 26.2 Å². The number of rotatable bonds is 4. The van der Waals surface area contributed by atoms with Crippen molar-refractivity contribution < 1.29 is 19.4 Å². The number of nitrogens with one attached hydrogen (secondary N) is 1. The predicted octanol–water partition coefficient (Wildman–Crippen LogP) is 1.45. The summed E-state index contributed by atoms with van der Waals surface area (Å²) >= 11 is 0. The van der Waals surface area contributed by atoms with Gasteiger partial charge >= 0.3 is 12.0 Å². The number of ether oxygens (including phenoxy) is 1. The molecule has 2 aliphatic rings. The molecule has 0 radical (unpaired) electrons. The van der Waals surface area contributed by atoms with Gasteiger partial charge in [0.2, 0.25) is 0 Å². The number of carbonyl (C=O) groups is 2. The molecular formula is C14H24N2O4. The number of amides is 2. The van der Waals surface area contributed by atoms with Crippen LogP contribution in [0.1, 0.15) is 38.5 Å². The molecule has 0 aromatic heterocycles. The van der Waals surface area contributed by atoms with E-state index in [0.717, 1.165) is 32.3 Å². The molecule has 0 saturated carbocycles. The van der Waals surface area contributed by atoms with Crippen molar-refractivity contribution in [2.45, 2.75) is 44.6 Å². The summed E-state index contributed by atoms with van der Waals surface area (Å²) in [6, 6.07) is -0.147. The highest BCUT2D eigenvalue weighted by molar-refractivity contribution is 5.76. The second-order valence-corrected chi connectivity index (χ2v) is 5.63. The fourth-order valence-electron chi connectivity index (χ4n) is 2.85. The Hall–Kier alpha value is -1.30. The van der Waals surface area contributed by atoms with Gasteiger partial charge in [0.1, 0.15) is 0 Å². The predicted molar refractivity (Wildman–Crippen MR) is 73.5 cm³/mol. The molecule has 2 N–H and O–H groups in total. The minimum Gasteiger partial charge on any atom is -0.481 e. The number of hydrogen-bond acceptors (Lipinski definition) is 3. The average Bonchev–Trinajstić information content (AvgIpc) is 2.48. The Kier molecular flexibility index (Phi) is 5.64. The Balaban J connectivity index is 1.67. The van der Waals surface area contributed by atoms with Gasteiger partial charge in [-0.1, -0.05) is 0 Å². The number of carboxylic acids is 1. The standard InChI is InChI=1S/C14H24N2O4/c17-13(18)11-4-3-8-16(10-11)14(19)15-7-6-12-5-1-2-9-20-12/h11-12H,1-10H2,(H,15,19)(H,17,18)/t11-,12?/m0/s1. The van der Waals surface area contributed by atoms with E-state index in [1.54, 1.807) is 4.90 Å². The quantitative estimate of drug-likeness (QED) is 0.819. The third kappa shape index (κ3) is 4.37. The van der Waals surface area contributed by atoms with Crippen molar-refractivity contribution in [3.05, 3.63) is 0 Å². The van der Waals surface area contributed by atoms with E-state index >= 15 is 0 Å². The molecule has 114 valence electrons. The van der Waals surface area contributed by atoms with Crippen LogP contribution in [0, 0.1) is 5.92 Å². The zero-order valence-electron chi connectivity index (χ0n) is 11.8. The maximum Gasteiger partial charge on any atom is 0.317 e. The Morgan fingerprint density at radius 1 is 1.25 bits per heavy atom. The number of piperidine rings is 1. The summed E-state index contributed by atoms with van der Waals surface area (Å²) < 4.78 is 5.61. The Bertz CT molecular complexity index is 342. The molecule has 0 aromatic rings. The van der Waals surface area contributed by atoms with Crippen molar-refractivity contribution >= 4 is 12.0 Å². The van der Waals surface area contributed by atoms with Crippen molar-refractivity contribution in [3.63, 3.8) is 0 Å². The van der Waals surface area contributed by atoms with E-state index in [9.17, 15) is 9.59 Å². The summed E-state index contributed by atoms with van der Waals surface area (Å²) in [6.07, 6.45) is 5.92. The lowest BCUT2D eigenvalue weighted by atomic mass is 9.99. The normalized spacial score (nSPS) is 27.1. The van der Waals surface area contributed by atoms with Crippen molar-refractivity contribution in [3.8, 4) is 0 Å². The molecule has 0 aliphatic carbocycles. The van der Waals surface area contributed by atoms with Gasteiger partial charge in [0.05, 0.1) is 12.0 Å². The molecule has 2 rings (SSSR count). The molecular weight excluding hydrogens is 260 g/mol. The minimum absolute atomic E-state index is 0.147. The van der Waals surface area contributed by atoms with E-state index in [4.69, 9.17) is 9.84 Å². The second kappa shape index (κ2) is 7.47. The minimum atomic E-state index is -0.807. The maximum atomic E-state index is 12.0. The van der Waals surface area contributed by atoms with E-state index < -0.39 is 11.9 Å². The number of carbonyl (C=O) groups excluding carboxylic acids is 1. The number of urea groups is 1. The van der Waals surface area contributed by atoms with E-state index in [2.05, 4.69) is 5.32 Å². The summed E-state index contributed by atoms with van der Waals surface area (Å²) in [7, 11) is 0. The van der Waals surface area contributed by atoms with Crippen LogP contribution in [0.4, 0.5) is 4.79 Å². The summed E-state index contributed by atoms with van der Waals surface area (Å²) in [5.74, 6) is -1.23. The van der Waals surface area contributed by atoms with Gasteiger partial charge in [-0.2, -0.15) is 0 Å². The fourth-order valence-corrected chi connectivity index (χ4v) is 2.85. The van der Waals surface area contributed by atoms with Gasteiger partial charge in [-0.3, -0.25) is 4.79 Å². The second-order valence-electron chi connectivity index (χ2n) is 5.63. The van der Waals surface area contributed by atoms with Gasteiger partial charge in [0.25, 0.3) is 0 Å². The molecule has 2 amide bonds. The Morgan fingerprint density at radius 3 is 2.80 bits per heavy atom. The molecule has 0 bridgehead atoms. The van der Waals surface area contributed by atoms with Gasteiger partial charge in [0.15, 0.2) is 0 Å². The van der Waals surface area contributed by atoms with Crippen LogP contribution in [-0.2, 0) is 9.53 Å². The summed E-state index contributed by atoms with van der Waals surface area (Å²) in [5, 5.41) is 11.9. The smallest absolute Gasteiger partial charge is 0.317 e. The van der Waals surface area contributed by atoms with Crippen molar-refractivity contribution in [1.82, 2.24) is 10.2 Å². The molecule has 2 atom stereocenters. The van der Waals surface area contributed by atoms with Crippen LogP contribution in [0.25, 0.3) is 0 Å². The van der Waals surface area contributed by atoms with E-state index in [1.807, 2.05) is 0 Å². The zero-order valence-corrected chi connectivity index (χ0v) is 11.8. The highest BCUT2D eigenvalue weighted by Gasteiger charge is 2.28. The lowest BCUT2D eigenvalue weighted by Gasteiger charge is -2.31. The van der Waals surface area contributed by atoms with Crippen molar-refractivity contribution in [2.75, 3.05) is 26.2 Å². The first kappa shape index (κ1) is 15.1. The summed E-state index contributed by atoms with van der Waals surface area (Å²) in [6.45, 7) is 2.39. The van der Waals surface area contributed by atoms with Crippen LogP contribution in [0.3, 0.4) is 0 Å². The van der Waals surface area contributed by atoms with Gasteiger partial charge in [-0.15, -0.1) is 0 Å². The maximum absolute atomic E-state index is 12.0. The number of aliphatic carboxylic acids is 1. The summed E-state index contributed by atoms with van der Waals surface area (Å²) in [4.78, 5) is 24.6. The summed E-state index contributed by atoms with van der Waals surface area (Å²) in [5.41, 5.74) is 0. The largest absolute Gasteiger partial charge is 0.481 e. The molecule has 2 heterocycles. The Morgan fingerprint density at radius 2 is 2.10 bits per heavy atom. The number of nitrogens with zero attached hydrogens (tertiary/aromatic N) is 1. The van der Waals surface area contributed by atoms with Crippen LogP contribution in [0.5, 0.6) is 0 Å². The first-order valence-electron chi connectivity index (χ1n) is 7.54. The SMILES string of the molecule is O=C(O)[C@H]1CCCN(C(=O)NCCC2CCCCO2)C1. The van der Waals surface area contributed by atoms with Crippen molar-refractivity contribution in [1.29, 1.82) is 0 Å². The van der Waals surface area contributed by atoms with Gasteiger partial charge in [-0.25, -0.2) is 4.79 Å². The van der Waals surface area contributed by atoms with Crippen LogP contribution in [-0.4, -0.2) is 54.4 Å². The van der Waals surface area contributed by atoms with Crippen LogP contribution in [0.2, 0.25) is 0 Å². The third-order valence-electron chi connectivity index (χ3n) is 4.07. The molecule has 0 spiro atoms.